The molecule has 10 rings (SSSR count). The zero-order chi connectivity index (χ0) is 44.6. The van der Waals surface area contributed by atoms with E-state index in [4.69, 9.17) is 43.0 Å². The van der Waals surface area contributed by atoms with Crippen LogP contribution in [0.2, 0.25) is 0 Å². The van der Waals surface area contributed by atoms with Crippen LogP contribution in [0, 0.1) is 0 Å². The molecule has 0 spiro atoms. The molecule has 1 N–H and O–H groups in total. The van der Waals surface area contributed by atoms with E-state index in [1.165, 1.54) is 35.4 Å². The molecule has 0 radical (unpaired) electrons. The number of methoxy groups -OCH3 is 5. The zero-order valence-electron chi connectivity index (χ0n) is 37.8. The summed E-state index contributed by atoms with van der Waals surface area (Å²) in [7, 11) is 12.6. The van der Waals surface area contributed by atoms with Gasteiger partial charge in [0.2, 0.25) is 5.75 Å². The third kappa shape index (κ3) is 8.66. The van der Waals surface area contributed by atoms with Crippen molar-refractivity contribution < 1.29 is 47.8 Å². The SMILES string of the molecule is COc1c(C(=O)O)ccc2c1CCC(C)(C)O2.COc1ccc2cc1Oc1ccc(cc1)CC1c3cc(c(OC)cc3CCN1C)Oc1c(OC)c(OC)cc3c1C(C2)N(C)CC3. The van der Waals surface area contributed by atoms with Gasteiger partial charge >= 0.3 is 5.97 Å². The number of hydrogen-bond acceptors (Lipinski definition) is 11. The second-order valence-electron chi connectivity index (χ2n) is 17.2. The summed E-state index contributed by atoms with van der Waals surface area (Å²) in [5.74, 6) is 5.58. The summed E-state index contributed by atoms with van der Waals surface area (Å²) in [6.45, 7) is 5.90. The van der Waals surface area contributed by atoms with Gasteiger partial charge in [-0.15, -0.1) is 0 Å². The fourth-order valence-electron chi connectivity index (χ4n) is 9.39. The van der Waals surface area contributed by atoms with E-state index in [9.17, 15) is 4.79 Å². The van der Waals surface area contributed by atoms with E-state index in [0.717, 1.165) is 79.8 Å². The number of fused-ring (bicyclic) bond motifs is 3. The maximum Gasteiger partial charge on any atom is 0.339 e. The van der Waals surface area contributed by atoms with Crippen LogP contribution in [-0.2, 0) is 32.1 Å². The van der Waals surface area contributed by atoms with Crippen molar-refractivity contribution in [3.63, 3.8) is 0 Å². The molecule has 0 fully saturated rings. The summed E-state index contributed by atoms with van der Waals surface area (Å²) in [5, 5.41) is 9.08. The first-order valence-corrected chi connectivity index (χ1v) is 21.5. The molecule has 12 heteroatoms. The van der Waals surface area contributed by atoms with Crippen molar-refractivity contribution in [2.75, 3.05) is 62.7 Å². The van der Waals surface area contributed by atoms with Gasteiger partial charge in [0.1, 0.15) is 28.4 Å². The van der Waals surface area contributed by atoms with Crippen LogP contribution in [0.5, 0.6) is 57.5 Å². The van der Waals surface area contributed by atoms with Crippen molar-refractivity contribution >= 4 is 5.97 Å². The highest BCUT2D eigenvalue weighted by molar-refractivity contribution is 5.92. The molecular weight excluding hydrogens is 801 g/mol. The van der Waals surface area contributed by atoms with Crippen LogP contribution in [0.3, 0.4) is 0 Å². The Balaban J connectivity index is 0.000000268. The Labute approximate surface area is 370 Å². The van der Waals surface area contributed by atoms with E-state index in [0.29, 0.717) is 46.0 Å². The first-order valence-electron chi connectivity index (χ1n) is 21.5. The van der Waals surface area contributed by atoms with E-state index < -0.39 is 5.97 Å². The van der Waals surface area contributed by atoms with Crippen LogP contribution >= 0.6 is 0 Å². The van der Waals surface area contributed by atoms with Crippen molar-refractivity contribution in [3.8, 4) is 57.5 Å². The molecule has 5 aliphatic rings. The van der Waals surface area contributed by atoms with Crippen LogP contribution < -0.4 is 37.9 Å². The van der Waals surface area contributed by atoms with Gasteiger partial charge in [-0.2, -0.15) is 0 Å². The predicted octanol–water partition coefficient (Wildman–Crippen LogP) is 9.66. The van der Waals surface area contributed by atoms with Crippen LogP contribution in [0.1, 0.15) is 81.7 Å². The van der Waals surface area contributed by atoms with Gasteiger partial charge in [0.25, 0.3) is 0 Å². The van der Waals surface area contributed by atoms with Gasteiger partial charge in [0.05, 0.1) is 35.5 Å². The minimum absolute atomic E-state index is 0.000437. The van der Waals surface area contributed by atoms with Crippen LogP contribution in [0.25, 0.3) is 0 Å². The Bertz CT molecular complexity index is 2500. The maximum absolute atomic E-state index is 11.1. The Morgan fingerprint density at radius 2 is 1.29 bits per heavy atom. The molecule has 5 heterocycles. The highest BCUT2D eigenvalue weighted by Crippen LogP contribution is 2.52. The van der Waals surface area contributed by atoms with Gasteiger partial charge < -0.3 is 43.0 Å². The van der Waals surface area contributed by atoms with Crippen molar-refractivity contribution in [1.29, 1.82) is 0 Å². The first kappa shape index (κ1) is 43.5. The summed E-state index contributed by atoms with van der Waals surface area (Å²) in [6, 6.07) is 24.4. The van der Waals surface area contributed by atoms with Crippen molar-refractivity contribution in [2.24, 2.45) is 0 Å². The summed E-state index contributed by atoms with van der Waals surface area (Å²) < 4.78 is 48.1. The van der Waals surface area contributed by atoms with E-state index >= 15 is 0 Å². The number of carboxylic acid groups (broad SMARTS) is 1. The fourth-order valence-corrected chi connectivity index (χ4v) is 9.39. The Kier molecular flexibility index (Phi) is 12.4. The van der Waals surface area contributed by atoms with E-state index in [2.05, 4.69) is 66.4 Å². The van der Waals surface area contributed by atoms with E-state index in [1.54, 1.807) is 34.5 Å². The highest BCUT2D eigenvalue weighted by Gasteiger charge is 2.35. The molecule has 2 unspecified atom stereocenters. The molecule has 12 nitrogen and oxygen atoms in total. The largest absolute Gasteiger partial charge is 0.495 e. The van der Waals surface area contributed by atoms with Gasteiger partial charge in [0.15, 0.2) is 34.5 Å². The molecule has 5 aromatic carbocycles. The average Bonchev–Trinajstić information content (AvgIpc) is 3.27. The number of nitrogens with zero attached hydrogens (tertiary/aromatic N) is 2. The number of carbonyl (C=O) groups is 1. The van der Waals surface area contributed by atoms with E-state index in [1.807, 2.05) is 32.0 Å². The molecule has 0 saturated carbocycles. The van der Waals surface area contributed by atoms with Gasteiger partial charge in [-0.1, -0.05) is 18.2 Å². The number of benzene rings is 5. The monoisotopic (exact) mass is 858 g/mol. The molecule has 0 aliphatic carbocycles. The second kappa shape index (κ2) is 17.9. The van der Waals surface area contributed by atoms with Crippen LogP contribution in [-0.4, -0.2) is 89.2 Å². The minimum Gasteiger partial charge on any atom is -0.495 e. The number of hydrogen-bond donors (Lipinski definition) is 1. The molecule has 63 heavy (non-hydrogen) atoms. The third-order valence-corrected chi connectivity index (χ3v) is 12.9. The summed E-state index contributed by atoms with van der Waals surface area (Å²) in [4.78, 5) is 15.9. The lowest BCUT2D eigenvalue weighted by Crippen LogP contribution is -2.34. The standard InChI is InChI=1S/C38H42N2O6.C13H16O4/c1-39-15-13-25-20-32(42-4)34-22-28(25)29(39)17-23-7-10-27(11-8-23)45-33-19-24(9-12-31(33)41-3)18-30-36-26(14-16-40(30)2)21-35(43-5)37(44-6)38(36)46-34;1-13(2)7-6-8-10(17-13)5-4-9(12(14)15)11(8)16-3/h7-12,19-22,29-30H,13-18H2,1-6H3;4-5H,6-7H2,1-3H3,(H,14,15). The normalized spacial score (nSPS) is 18.6. The number of ether oxygens (including phenoxy) is 8. The lowest BCUT2D eigenvalue weighted by atomic mass is 9.87. The summed E-state index contributed by atoms with van der Waals surface area (Å²) in [6.07, 6.45) is 4.99. The fraction of sp³-hybridized carbons (Fsp3) is 0.392. The lowest BCUT2D eigenvalue weighted by molar-refractivity contribution is 0.0690. The van der Waals surface area contributed by atoms with Crippen molar-refractivity contribution in [2.45, 2.75) is 70.1 Å². The maximum atomic E-state index is 11.1. The van der Waals surface area contributed by atoms with Gasteiger partial charge in [-0.05, 0) is 149 Å². The zero-order valence-corrected chi connectivity index (χ0v) is 37.8. The molecule has 0 saturated heterocycles. The Morgan fingerprint density at radius 1 is 0.651 bits per heavy atom. The lowest BCUT2D eigenvalue weighted by Gasteiger charge is -2.37. The third-order valence-electron chi connectivity index (χ3n) is 12.9. The Hall–Kier alpha value is -6.11. The smallest absolute Gasteiger partial charge is 0.339 e. The first-order chi connectivity index (χ1) is 30.3. The molecular formula is C51H58N2O10. The van der Waals surface area contributed by atoms with E-state index in [-0.39, 0.29) is 23.2 Å². The van der Waals surface area contributed by atoms with Crippen LogP contribution in [0.4, 0.5) is 0 Å². The molecule has 2 atom stereocenters. The molecule has 332 valence electrons. The number of aromatic carboxylic acids is 1. The summed E-state index contributed by atoms with van der Waals surface area (Å²) in [5.41, 5.74) is 7.99. The molecule has 6 bridgehead atoms. The summed E-state index contributed by atoms with van der Waals surface area (Å²) >= 11 is 0. The quantitative estimate of drug-likeness (QED) is 0.175. The minimum atomic E-state index is -0.977. The molecule has 0 aromatic heterocycles. The molecule has 0 amide bonds. The molecule has 5 aliphatic heterocycles. The number of rotatable bonds is 6. The second-order valence-corrected chi connectivity index (χ2v) is 17.2. The molecule has 5 aromatic rings. The van der Waals surface area contributed by atoms with Gasteiger partial charge in [-0.3, -0.25) is 9.80 Å². The van der Waals surface area contributed by atoms with Crippen molar-refractivity contribution in [3.05, 3.63) is 117 Å². The van der Waals surface area contributed by atoms with Gasteiger partial charge in [-0.25, -0.2) is 4.79 Å². The predicted molar refractivity (Wildman–Crippen MR) is 241 cm³/mol. The van der Waals surface area contributed by atoms with Gasteiger partial charge in [0, 0.05) is 36.3 Å². The van der Waals surface area contributed by atoms with Crippen molar-refractivity contribution in [1.82, 2.24) is 9.80 Å². The Morgan fingerprint density at radius 3 is 1.97 bits per heavy atom. The number of likely N-dealkylation sites (N-methyl/N-ethyl adjacent to an activating group) is 2. The average molecular weight is 859 g/mol. The highest BCUT2D eigenvalue weighted by atomic mass is 16.5. The topological polar surface area (TPSA) is 118 Å². The number of carboxylic acids is 1. The van der Waals surface area contributed by atoms with Crippen LogP contribution in [0.15, 0.2) is 72.8 Å².